The van der Waals surface area contributed by atoms with Gasteiger partial charge in [-0.1, -0.05) is 6.07 Å². The van der Waals surface area contributed by atoms with Crippen molar-refractivity contribution >= 4 is 33.2 Å². The van der Waals surface area contributed by atoms with Crippen LogP contribution in [0, 0.1) is 0 Å². The molecular weight excluding hydrogens is 376 g/mol. The van der Waals surface area contributed by atoms with Crippen molar-refractivity contribution < 1.29 is 22.7 Å². The number of likely N-dealkylation sites (tertiary alicyclic amines) is 1. The van der Waals surface area contributed by atoms with E-state index in [9.17, 15) is 18.0 Å². The summed E-state index contributed by atoms with van der Waals surface area (Å²) in [7, 11) is -3.60. The Bertz CT molecular complexity index is 708. The minimum atomic E-state index is -3.60. The zero-order valence-electron chi connectivity index (χ0n) is 15.3. The highest BCUT2D eigenvalue weighted by Gasteiger charge is 2.33. The van der Waals surface area contributed by atoms with Gasteiger partial charge in [-0.25, -0.2) is 13.1 Å². The van der Waals surface area contributed by atoms with Gasteiger partial charge in [0, 0.05) is 18.6 Å². The van der Waals surface area contributed by atoms with Crippen LogP contribution in [0.5, 0.6) is 0 Å². The molecule has 146 valence electrons. The smallest absolute Gasteiger partial charge is 0.307 e. The molecule has 0 radical (unpaired) electrons. The second kappa shape index (κ2) is 8.96. The van der Waals surface area contributed by atoms with E-state index in [-0.39, 0.29) is 35.2 Å². The second-order valence-electron chi connectivity index (χ2n) is 6.59. The first kappa shape index (κ1) is 20.9. The third-order valence-electron chi connectivity index (χ3n) is 4.49. The number of ether oxygens (including phenoxy) is 1. The highest BCUT2D eigenvalue weighted by molar-refractivity contribution is 7.91. The highest BCUT2D eigenvalue weighted by Crippen LogP contribution is 2.23. The van der Waals surface area contributed by atoms with Crippen molar-refractivity contribution in [2.75, 3.05) is 6.54 Å². The van der Waals surface area contributed by atoms with Crippen molar-refractivity contribution in [3.63, 3.8) is 0 Å². The molecular formula is C17H26N2O5S2. The van der Waals surface area contributed by atoms with Crippen LogP contribution in [0.4, 0.5) is 0 Å². The first-order chi connectivity index (χ1) is 12.2. The zero-order valence-corrected chi connectivity index (χ0v) is 16.9. The van der Waals surface area contributed by atoms with Crippen LogP contribution in [0.1, 0.15) is 46.5 Å². The number of nitrogens with one attached hydrogen (secondary N) is 1. The van der Waals surface area contributed by atoms with Gasteiger partial charge in [-0.3, -0.25) is 9.59 Å². The summed E-state index contributed by atoms with van der Waals surface area (Å²) in [6.07, 6.45) is 1.97. The fraction of sp³-hybridized carbons (Fsp3) is 0.647. The molecule has 1 saturated heterocycles. The summed E-state index contributed by atoms with van der Waals surface area (Å²) >= 11 is 1.10. The Balaban J connectivity index is 1.80. The quantitative estimate of drug-likeness (QED) is 0.706. The Kier molecular flexibility index (Phi) is 7.19. The molecule has 0 aromatic carbocycles. The minimum absolute atomic E-state index is 0.0729. The van der Waals surface area contributed by atoms with Crippen molar-refractivity contribution in [3.05, 3.63) is 17.5 Å². The number of hydrogen-bond acceptors (Lipinski definition) is 6. The third kappa shape index (κ3) is 5.28. The summed E-state index contributed by atoms with van der Waals surface area (Å²) in [4.78, 5) is 26.3. The van der Waals surface area contributed by atoms with E-state index >= 15 is 0 Å². The van der Waals surface area contributed by atoms with Crippen molar-refractivity contribution in [1.82, 2.24) is 9.62 Å². The van der Waals surface area contributed by atoms with Crippen LogP contribution in [0.2, 0.25) is 0 Å². The monoisotopic (exact) mass is 402 g/mol. The molecule has 0 bridgehead atoms. The normalized spacial score (nSPS) is 22.0. The zero-order chi connectivity index (χ0) is 19.3. The van der Waals surface area contributed by atoms with Crippen LogP contribution >= 0.6 is 11.3 Å². The summed E-state index contributed by atoms with van der Waals surface area (Å²) in [5.41, 5.74) is 0. The third-order valence-corrected chi connectivity index (χ3v) is 7.34. The predicted molar refractivity (Wildman–Crippen MR) is 99.3 cm³/mol. The fourth-order valence-electron chi connectivity index (χ4n) is 3.15. The molecule has 0 saturated carbocycles. The summed E-state index contributed by atoms with van der Waals surface area (Å²) in [5, 5.41) is 1.67. The number of carbonyl (C=O) groups is 2. The Morgan fingerprint density at radius 3 is 2.58 bits per heavy atom. The molecule has 1 aromatic heterocycles. The van der Waals surface area contributed by atoms with Crippen LogP contribution < -0.4 is 4.72 Å². The molecule has 1 aliphatic rings. The van der Waals surface area contributed by atoms with Crippen LogP contribution in [0.15, 0.2) is 21.7 Å². The predicted octanol–water partition coefficient (Wildman–Crippen LogP) is 2.14. The number of rotatable bonds is 7. The van der Waals surface area contributed by atoms with E-state index in [1.807, 2.05) is 13.8 Å². The highest BCUT2D eigenvalue weighted by atomic mass is 32.2. The Morgan fingerprint density at radius 2 is 2.00 bits per heavy atom. The van der Waals surface area contributed by atoms with Gasteiger partial charge in [0.15, 0.2) is 6.10 Å². The van der Waals surface area contributed by atoms with Gasteiger partial charge in [0.1, 0.15) is 4.21 Å². The van der Waals surface area contributed by atoms with Gasteiger partial charge in [-0.15, -0.1) is 11.3 Å². The van der Waals surface area contributed by atoms with Crippen LogP contribution in [-0.4, -0.2) is 49.9 Å². The standard InChI is InChI=1S/C17H26N2O5S2/c1-12-6-4-7-13(2)19(12)17(21)14(3)24-15(20)9-10-18-26(22,23)16-8-5-11-25-16/h5,8,11-14,18H,4,6-7,9-10H2,1-3H3/t12-,13+,14-/m0/s1. The average molecular weight is 403 g/mol. The molecule has 1 N–H and O–H groups in total. The molecule has 7 nitrogen and oxygen atoms in total. The first-order valence-corrected chi connectivity index (χ1v) is 11.1. The summed E-state index contributed by atoms with van der Waals surface area (Å²) < 4.78 is 31.7. The van der Waals surface area contributed by atoms with Gasteiger partial charge in [0.25, 0.3) is 5.91 Å². The largest absolute Gasteiger partial charge is 0.452 e. The van der Waals surface area contributed by atoms with Gasteiger partial charge in [-0.2, -0.15) is 0 Å². The van der Waals surface area contributed by atoms with Crippen molar-refractivity contribution in [2.45, 2.75) is 68.9 Å². The number of piperidine rings is 1. The van der Waals surface area contributed by atoms with Gasteiger partial charge in [0.05, 0.1) is 6.42 Å². The number of esters is 1. The molecule has 2 rings (SSSR count). The van der Waals surface area contributed by atoms with Gasteiger partial charge < -0.3 is 9.64 Å². The maximum absolute atomic E-state index is 12.6. The van der Waals surface area contributed by atoms with Crippen LogP contribution in [0.25, 0.3) is 0 Å². The number of amides is 1. The number of thiophene rings is 1. The second-order valence-corrected chi connectivity index (χ2v) is 9.53. The minimum Gasteiger partial charge on any atom is -0.452 e. The number of sulfonamides is 1. The van der Waals surface area contributed by atoms with E-state index in [4.69, 9.17) is 4.74 Å². The van der Waals surface area contributed by atoms with Gasteiger partial charge >= 0.3 is 5.97 Å². The van der Waals surface area contributed by atoms with E-state index in [0.717, 1.165) is 30.6 Å². The van der Waals surface area contributed by atoms with Crippen molar-refractivity contribution in [3.8, 4) is 0 Å². The Labute approximate surface area is 158 Å². The topological polar surface area (TPSA) is 92.8 Å². The van der Waals surface area contributed by atoms with E-state index in [1.165, 1.54) is 6.07 Å². The fourth-order valence-corrected chi connectivity index (χ4v) is 5.22. The van der Waals surface area contributed by atoms with E-state index in [2.05, 4.69) is 4.72 Å². The molecule has 3 atom stereocenters. The summed E-state index contributed by atoms with van der Waals surface area (Å²) in [6, 6.07) is 3.39. The molecule has 0 unspecified atom stereocenters. The molecule has 9 heteroatoms. The van der Waals surface area contributed by atoms with E-state index in [1.54, 1.807) is 23.3 Å². The molecule has 2 heterocycles. The first-order valence-electron chi connectivity index (χ1n) is 8.77. The lowest BCUT2D eigenvalue weighted by molar-refractivity contribution is -0.162. The SMILES string of the molecule is C[C@H](OC(=O)CCNS(=O)(=O)c1cccs1)C(=O)N1[C@H](C)CCC[C@@H]1C. The number of hydrogen-bond donors (Lipinski definition) is 1. The summed E-state index contributed by atoms with van der Waals surface area (Å²) in [5.74, 6) is -0.797. The van der Waals surface area contributed by atoms with Gasteiger partial charge in [0.2, 0.25) is 10.0 Å². The van der Waals surface area contributed by atoms with Crippen molar-refractivity contribution in [1.29, 1.82) is 0 Å². The van der Waals surface area contributed by atoms with Crippen LogP contribution in [-0.2, 0) is 24.3 Å². The molecule has 0 spiro atoms. The lowest BCUT2D eigenvalue weighted by Crippen LogP contribution is -2.51. The van der Waals surface area contributed by atoms with E-state index < -0.39 is 22.1 Å². The lowest BCUT2D eigenvalue weighted by Gasteiger charge is -2.40. The number of nitrogens with zero attached hydrogens (tertiary/aromatic N) is 1. The molecule has 1 aliphatic heterocycles. The Morgan fingerprint density at radius 1 is 1.35 bits per heavy atom. The molecule has 0 aliphatic carbocycles. The number of carbonyl (C=O) groups excluding carboxylic acids is 2. The van der Waals surface area contributed by atoms with Crippen LogP contribution in [0.3, 0.4) is 0 Å². The van der Waals surface area contributed by atoms with E-state index in [0.29, 0.717) is 0 Å². The maximum Gasteiger partial charge on any atom is 0.307 e. The maximum atomic E-state index is 12.6. The molecule has 1 fully saturated rings. The van der Waals surface area contributed by atoms with Gasteiger partial charge in [-0.05, 0) is 51.5 Å². The molecule has 1 aromatic rings. The molecule has 1 amide bonds. The average Bonchev–Trinajstić information content (AvgIpc) is 3.09. The van der Waals surface area contributed by atoms with Crippen molar-refractivity contribution in [2.24, 2.45) is 0 Å². The summed E-state index contributed by atoms with van der Waals surface area (Å²) in [6.45, 7) is 5.49. The Hall–Kier alpha value is -1.45. The molecule has 26 heavy (non-hydrogen) atoms. The lowest BCUT2D eigenvalue weighted by atomic mass is 9.97.